The van der Waals surface area contributed by atoms with Crippen LogP contribution in [0.5, 0.6) is 0 Å². The van der Waals surface area contributed by atoms with E-state index >= 15 is 0 Å². The molecule has 0 N–H and O–H groups in total. The average Bonchev–Trinajstić information content (AvgIpc) is 2.29. The number of piperidine rings is 1. The fourth-order valence-corrected chi connectivity index (χ4v) is 2.31. The van der Waals surface area contributed by atoms with Gasteiger partial charge in [0.25, 0.3) is 5.92 Å². The number of alkyl halides is 2. The van der Waals surface area contributed by atoms with Crippen molar-refractivity contribution in [2.24, 2.45) is 0 Å². The summed E-state index contributed by atoms with van der Waals surface area (Å²) in [5.74, 6) is -2.57. The monoisotopic (exact) mass is 303 g/mol. The molecule has 0 amide bonds. The molecule has 92 valence electrons. The number of halogens is 3. The Kier molecular flexibility index (Phi) is 3.47. The van der Waals surface area contributed by atoms with Crippen molar-refractivity contribution in [2.45, 2.75) is 18.8 Å². The van der Waals surface area contributed by atoms with Crippen LogP contribution in [-0.2, 0) is 0 Å². The van der Waals surface area contributed by atoms with Gasteiger partial charge in [-0.1, -0.05) is 15.9 Å². The second-order valence-corrected chi connectivity index (χ2v) is 5.08. The van der Waals surface area contributed by atoms with Crippen molar-refractivity contribution in [1.82, 2.24) is 0 Å². The molecule has 5 heteroatoms. The van der Waals surface area contributed by atoms with E-state index in [0.29, 0.717) is 5.56 Å². The average molecular weight is 304 g/mol. The van der Waals surface area contributed by atoms with E-state index in [1.54, 1.807) is 18.2 Å². The summed E-state index contributed by atoms with van der Waals surface area (Å²) >= 11 is 3.32. The van der Waals surface area contributed by atoms with Crippen LogP contribution in [0.2, 0.25) is 0 Å². The van der Waals surface area contributed by atoms with Gasteiger partial charge in [-0.25, -0.2) is 8.78 Å². The first-order valence-electron chi connectivity index (χ1n) is 5.39. The molecule has 0 bridgehead atoms. The maximum atomic E-state index is 13.0. The summed E-state index contributed by atoms with van der Waals surface area (Å²) in [6.07, 6.45) is 0.449. The van der Waals surface area contributed by atoms with E-state index in [-0.39, 0.29) is 25.9 Å². The maximum absolute atomic E-state index is 13.0. The highest BCUT2D eigenvalue weighted by molar-refractivity contribution is 9.10. The maximum Gasteiger partial charge on any atom is 0.251 e. The van der Waals surface area contributed by atoms with Crippen molar-refractivity contribution in [2.75, 3.05) is 18.0 Å². The molecule has 1 aromatic rings. The quantitative estimate of drug-likeness (QED) is 0.780. The van der Waals surface area contributed by atoms with E-state index < -0.39 is 5.92 Å². The smallest absolute Gasteiger partial charge is 0.251 e. The lowest BCUT2D eigenvalue weighted by atomic mass is 10.0. The van der Waals surface area contributed by atoms with Crippen molar-refractivity contribution in [1.29, 1.82) is 0 Å². The van der Waals surface area contributed by atoms with Gasteiger partial charge in [0.15, 0.2) is 6.29 Å². The first-order valence-corrected chi connectivity index (χ1v) is 6.19. The Balaban J connectivity index is 2.23. The van der Waals surface area contributed by atoms with Gasteiger partial charge in [-0.2, -0.15) is 0 Å². The van der Waals surface area contributed by atoms with Crippen molar-refractivity contribution in [3.8, 4) is 0 Å². The topological polar surface area (TPSA) is 20.3 Å². The van der Waals surface area contributed by atoms with Gasteiger partial charge in [0, 0.05) is 41.7 Å². The van der Waals surface area contributed by atoms with E-state index in [1.807, 2.05) is 4.90 Å². The highest BCUT2D eigenvalue weighted by Gasteiger charge is 2.34. The Labute approximate surface area is 107 Å². The van der Waals surface area contributed by atoms with Gasteiger partial charge in [-0.15, -0.1) is 0 Å². The number of hydrogen-bond donors (Lipinski definition) is 0. The number of hydrogen-bond acceptors (Lipinski definition) is 2. The first-order chi connectivity index (χ1) is 8.02. The largest absolute Gasteiger partial charge is 0.370 e. The number of anilines is 1. The summed E-state index contributed by atoms with van der Waals surface area (Å²) < 4.78 is 26.9. The Morgan fingerprint density at radius 1 is 1.29 bits per heavy atom. The zero-order valence-corrected chi connectivity index (χ0v) is 10.7. The van der Waals surface area contributed by atoms with Crippen molar-refractivity contribution in [3.05, 3.63) is 28.2 Å². The van der Waals surface area contributed by atoms with Gasteiger partial charge in [-0.05, 0) is 18.2 Å². The van der Waals surface area contributed by atoms with Gasteiger partial charge in [-0.3, -0.25) is 4.79 Å². The molecule has 1 fully saturated rings. The van der Waals surface area contributed by atoms with Gasteiger partial charge in [0.1, 0.15) is 0 Å². The van der Waals surface area contributed by atoms with Crippen LogP contribution in [0.25, 0.3) is 0 Å². The van der Waals surface area contributed by atoms with Crippen LogP contribution in [-0.4, -0.2) is 25.3 Å². The van der Waals surface area contributed by atoms with Crippen LogP contribution in [0.4, 0.5) is 14.5 Å². The molecule has 1 aliphatic rings. The van der Waals surface area contributed by atoms with E-state index in [1.165, 1.54) is 0 Å². The molecule has 1 aromatic carbocycles. The van der Waals surface area contributed by atoms with Gasteiger partial charge < -0.3 is 4.90 Å². The van der Waals surface area contributed by atoms with Crippen LogP contribution < -0.4 is 4.90 Å². The second kappa shape index (κ2) is 4.72. The number of carbonyl (C=O) groups excluding carboxylic acids is 1. The molecule has 0 saturated carbocycles. The number of nitrogens with zero attached hydrogens (tertiary/aromatic N) is 1. The summed E-state index contributed by atoms with van der Waals surface area (Å²) in [7, 11) is 0. The molecule has 2 nitrogen and oxygen atoms in total. The lowest BCUT2D eigenvalue weighted by Crippen LogP contribution is -2.39. The lowest BCUT2D eigenvalue weighted by molar-refractivity contribution is -0.0220. The predicted molar refractivity (Wildman–Crippen MR) is 65.9 cm³/mol. The number of rotatable bonds is 2. The van der Waals surface area contributed by atoms with Gasteiger partial charge >= 0.3 is 0 Å². The van der Waals surface area contributed by atoms with Crippen LogP contribution in [0.3, 0.4) is 0 Å². The Morgan fingerprint density at radius 3 is 2.53 bits per heavy atom. The molecule has 1 aliphatic heterocycles. The zero-order chi connectivity index (χ0) is 12.5. The minimum Gasteiger partial charge on any atom is -0.370 e. The summed E-state index contributed by atoms with van der Waals surface area (Å²) in [4.78, 5) is 12.8. The highest BCUT2D eigenvalue weighted by atomic mass is 79.9. The highest BCUT2D eigenvalue weighted by Crippen LogP contribution is 2.32. The molecule has 0 spiro atoms. The molecule has 2 rings (SSSR count). The molecular weight excluding hydrogens is 292 g/mol. The number of benzene rings is 1. The van der Waals surface area contributed by atoms with E-state index in [0.717, 1.165) is 16.4 Å². The van der Waals surface area contributed by atoms with E-state index in [4.69, 9.17) is 0 Å². The minimum atomic E-state index is -2.57. The van der Waals surface area contributed by atoms with Crippen molar-refractivity contribution < 1.29 is 13.6 Å². The van der Waals surface area contributed by atoms with E-state index in [9.17, 15) is 13.6 Å². The normalized spacial score (nSPS) is 19.1. The Hall–Kier alpha value is -0.970. The lowest BCUT2D eigenvalue weighted by Gasteiger charge is -2.34. The Morgan fingerprint density at radius 2 is 1.94 bits per heavy atom. The van der Waals surface area contributed by atoms with Gasteiger partial charge in [0.2, 0.25) is 0 Å². The van der Waals surface area contributed by atoms with Crippen LogP contribution >= 0.6 is 15.9 Å². The third-order valence-corrected chi connectivity index (χ3v) is 3.45. The summed E-state index contributed by atoms with van der Waals surface area (Å²) in [6.45, 7) is 0.564. The van der Waals surface area contributed by atoms with Crippen LogP contribution in [0.15, 0.2) is 22.7 Å². The first kappa shape index (κ1) is 12.5. The van der Waals surface area contributed by atoms with Crippen molar-refractivity contribution in [3.63, 3.8) is 0 Å². The molecule has 0 atom stereocenters. The minimum absolute atomic E-state index is 0.155. The number of carbonyl (C=O) groups is 1. The molecule has 1 saturated heterocycles. The summed E-state index contributed by atoms with van der Waals surface area (Å²) in [5.41, 5.74) is 1.27. The summed E-state index contributed by atoms with van der Waals surface area (Å²) in [6, 6.07) is 5.26. The molecule has 0 unspecified atom stereocenters. The molecule has 0 aliphatic carbocycles. The fourth-order valence-electron chi connectivity index (χ4n) is 1.97. The third kappa shape index (κ3) is 2.83. The zero-order valence-electron chi connectivity index (χ0n) is 9.13. The molecular formula is C12H12BrF2NO. The van der Waals surface area contributed by atoms with Crippen LogP contribution in [0.1, 0.15) is 23.2 Å². The van der Waals surface area contributed by atoms with Gasteiger partial charge in [0.05, 0.1) is 0 Å². The Bertz CT molecular complexity index is 427. The predicted octanol–water partition coefficient (Wildman–Crippen LogP) is 3.50. The van der Waals surface area contributed by atoms with Crippen molar-refractivity contribution >= 4 is 27.9 Å². The fraction of sp³-hybridized carbons (Fsp3) is 0.417. The molecule has 0 aromatic heterocycles. The molecule has 17 heavy (non-hydrogen) atoms. The summed E-state index contributed by atoms with van der Waals surface area (Å²) in [5, 5.41) is 0. The second-order valence-electron chi connectivity index (χ2n) is 4.16. The number of aldehydes is 1. The SMILES string of the molecule is O=Cc1ccc(Br)cc1N1CCC(F)(F)CC1. The molecule has 0 radical (unpaired) electrons. The molecule has 1 heterocycles. The van der Waals surface area contributed by atoms with E-state index in [2.05, 4.69) is 15.9 Å². The van der Waals surface area contributed by atoms with Crippen LogP contribution in [0, 0.1) is 0 Å². The standard InChI is InChI=1S/C12H12BrF2NO/c13-10-2-1-9(8-17)11(7-10)16-5-3-12(14,15)4-6-16/h1-2,7-8H,3-6H2. The third-order valence-electron chi connectivity index (χ3n) is 2.96.